The first-order valence-electron chi connectivity index (χ1n) is 8.02. The second kappa shape index (κ2) is 9.19. The molecule has 1 unspecified atom stereocenters. The monoisotopic (exact) mass is 515 g/mol. The first-order valence-corrected chi connectivity index (χ1v) is 14.3. The Hall–Kier alpha value is -0.713. The molecule has 0 aliphatic rings. The Bertz CT molecular complexity index is 890. The van der Waals surface area contributed by atoms with Crippen LogP contribution in [0.2, 0.25) is 29.7 Å². The molecule has 1 heterocycles. The van der Waals surface area contributed by atoms with E-state index in [0.29, 0.717) is 22.8 Å². The summed E-state index contributed by atoms with van der Waals surface area (Å²) in [6, 6.07) is 5.02. The third-order valence-electron chi connectivity index (χ3n) is 3.39. The van der Waals surface area contributed by atoms with Crippen molar-refractivity contribution in [3.8, 4) is 22.8 Å². The molecule has 0 fully saturated rings. The summed E-state index contributed by atoms with van der Waals surface area (Å²) in [5.41, 5.74) is 0.439. The quantitative estimate of drug-likeness (QED) is 0.257. The van der Waals surface area contributed by atoms with E-state index in [4.69, 9.17) is 32.0 Å². The molecule has 2 aromatic rings. The first kappa shape index (κ1) is 22.6. The Morgan fingerprint density at radius 1 is 1.33 bits per heavy atom. The average Bonchev–Trinajstić information content (AvgIpc) is 2.85. The van der Waals surface area contributed by atoms with Gasteiger partial charge in [0.2, 0.25) is 25.0 Å². The molecule has 0 saturated carbocycles. The standard InChI is InChI=1S/C16H20BrCl2NO5SSi/c1-27(2,3)25-16-13(21)14(9-5-4-6-11(18)12(9)19)24-15(16)10(17)7-8-20-26(22)23/h4-6,10,21,26H,7-8H2,1-3H3,(H,20,22,23). The second-order valence-electron chi connectivity index (χ2n) is 6.71. The highest BCUT2D eigenvalue weighted by atomic mass is 79.9. The van der Waals surface area contributed by atoms with Crippen molar-refractivity contribution in [2.24, 2.45) is 0 Å². The predicted molar refractivity (Wildman–Crippen MR) is 114 cm³/mol. The molecule has 2 N–H and O–H groups in total. The van der Waals surface area contributed by atoms with E-state index in [1.807, 2.05) is 19.6 Å². The molecule has 6 nitrogen and oxygen atoms in total. The van der Waals surface area contributed by atoms with Crippen LogP contribution in [0.1, 0.15) is 17.0 Å². The molecule has 11 heteroatoms. The maximum absolute atomic E-state index is 10.8. The van der Waals surface area contributed by atoms with E-state index in [9.17, 15) is 13.5 Å². The van der Waals surface area contributed by atoms with Crippen molar-refractivity contribution in [1.82, 2.24) is 4.72 Å². The topological polar surface area (TPSA) is 88.8 Å². The maximum atomic E-state index is 10.8. The zero-order valence-corrected chi connectivity index (χ0v) is 19.9. The number of furan rings is 1. The van der Waals surface area contributed by atoms with Gasteiger partial charge >= 0.3 is 0 Å². The van der Waals surface area contributed by atoms with Crippen molar-refractivity contribution in [1.29, 1.82) is 0 Å². The van der Waals surface area contributed by atoms with Crippen LogP contribution in [0.15, 0.2) is 22.6 Å². The van der Waals surface area contributed by atoms with Crippen LogP contribution in [0.5, 0.6) is 11.5 Å². The van der Waals surface area contributed by atoms with E-state index in [2.05, 4.69) is 20.7 Å². The largest absolute Gasteiger partial charge is 0.539 e. The lowest BCUT2D eigenvalue weighted by atomic mass is 10.1. The van der Waals surface area contributed by atoms with Gasteiger partial charge in [0, 0.05) is 12.1 Å². The molecule has 0 aliphatic carbocycles. The molecule has 0 aliphatic heterocycles. The summed E-state index contributed by atoms with van der Waals surface area (Å²) in [6.07, 6.45) is 0.390. The number of thiol groups is 1. The van der Waals surface area contributed by atoms with Crippen molar-refractivity contribution < 1.29 is 22.4 Å². The first-order chi connectivity index (χ1) is 12.5. The number of hydrogen-bond donors (Lipinski definition) is 3. The van der Waals surface area contributed by atoms with Gasteiger partial charge in [0.1, 0.15) is 0 Å². The van der Waals surface area contributed by atoms with Crippen LogP contribution in [0.25, 0.3) is 11.3 Å². The predicted octanol–water partition coefficient (Wildman–Crippen LogP) is 5.11. The third kappa shape index (κ3) is 5.88. The van der Waals surface area contributed by atoms with E-state index in [-0.39, 0.29) is 33.7 Å². The Morgan fingerprint density at radius 3 is 2.59 bits per heavy atom. The van der Waals surface area contributed by atoms with Gasteiger partial charge in [-0.3, -0.25) is 0 Å². The van der Waals surface area contributed by atoms with Gasteiger partial charge in [-0.2, -0.15) is 0 Å². The zero-order chi connectivity index (χ0) is 20.4. The fraction of sp³-hybridized carbons (Fsp3) is 0.375. The second-order valence-corrected chi connectivity index (χ2v) is 13.9. The highest BCUT2D eigenvalue weighted by Gasteiger charge is 2.31. The molecule has 150 valence electrons. The molecular formula is C16H20BrCl2NO5SSi. The van der Waals surface area contributed by atoms with Crippen LogP contribution in [0.3, 0.4) is 0 Å². The van der Waals surface area contributed by atoms with Crippen molar-refractivity contribution >= 4 is 58.3 Å². The Labute approximate surface area is 179 Å². The molecular weight excluding hydrogens is 497 g/mol. The highest BCUT2D eigenvalue weighted by molar-refractivity contribution is 9.09. The maximum Gasteiger partial charge on any atom is 0.242 e. The van der Waals surface area contributed by atoms with Gasteiger partial charge in [0.05, 0.1) is 14.9 Å². The van der Waals surface area contributed by atoms with Crippen LogP contribution in [-0.4, -0.2) is 28.4 Å². The molecule has 1 aromatic heterocycles. The number of nitrogens with one attached hydrogen (secondary N) is 1. The molecule has 2 rings (SSSR count). The van der Waals surface area contributed by atoms with Gasteiger partial charge in [-0.25, -0.2) is 13.1 Å². The fourth-order valence-corrected chi connectivity index (χ4v) is 4.35. The molecule has 0 spiro atoms. The number of benzene rings is 1. The van der Waals surface area contributed by atoms with Crippen molar-refractivity contribution in [2.75, 3.05) is 6.54 Å². The minimum atomic E-state index is -2.68. The summed E-state index contributed by atoms with van der Waals surface area (Å²) in [4.78, 5) is -0.385. The van der Waals surface area contributed by atoms with Gasteiger partial charge < -0.3 is 13.9 Å². The summed E-state index contributed by atoms with van der Waals surface area (Å²) < 4.78 is 35.6. The number of rotatable bonds is 8. The summed E-state index contributed by atoms with van der Waals surface area (Å²) >= 11 is 15.8. The zero-order valence-electron chi connectivity index (χ0n) is 14.9. The van der Waals surface area contributed by atoms with Crippen molar-refractivity contribution in [3.05, 3.63) is 34.0 Å². The van der Waals surface area contributed by atoms with E-state index in [1.165, 1.54) is 0 Å². The lowest BCUT2D eigenvalue weighted by Gasteiger charge is -2.20. The lowest BCUT2D eigenvalue weighted by Crippen LogP contribution is -2.29. The third-order valence-corrected chi connectivity index (χ3v) is 6.38. The van der Waals surface area contributed by atoms with Crippen LogP contribution in [0.4, 0.5) is 0 Å². The Balaban J connectivity index is 2.49. The van der Waals surface area contributed by atoms with Crippen LogP contribution in [-0.2, 0) is 10.9 Å². The lowest BCUT2D eigenvalue weighted by molar-refractivity contribution is 0.438. The van der Waals surface area contributed by atoms with Crippen LogP contribution >= 0.6 is 39.1 Å². The molecule has 0 radical (unpaired) electrons. The van der Waals surface area contributed by atoms with E-state index >= 15 is 0 Å². The summed E-state index contributed by atoms with van der Waals surface area (Å²) in [6.45, 7) is 6.13. The van der Waals surface area contributed by atoms with Gasteiger partial charge in [-0.1, -0.05) is 45.2 Å². The van der Waals surface area contributed by atoms with E-state index in [0.717, 1.165) is 0 Å². The minimum Gasteiger partial charge on any atom is -0.539 e. The molecule has 0 amide bonds. The number of halogens is 3. The van der Waals surface area contributed by atoms with Crippen LogP contribution < -0.4 is 9.15 Å². The molecule has 0 bridgehead atoms. The van der Waals surface area contributed by atoms with Crippen molar-refractivity contribution in [2.45, 2.75) is 30.9 Å². The van der Waals surface area contributed by atoms with Gasteiger partial charge in [0.15, 0.2) is 17.3 Å². The van der Waals surface area contributed by atoms with Gasteiger partial charge in [0.25, 0.3) is 0 Å². The molecule has 0 saturated heterocycles. The van der Waals surface area contributed by atoms with Crippen molar-refractivity contribution in [3.63, 3.8) is 0 Å². The Kier molecular flexibility index (Phi) is 7.68. The highest BCUT2D eigenvalue weighted by Crippen LogP contribution is 2.50. The number of hydrogen-bond acceptors (Lipinski definition) is 5. The van der Waals surface area contributed by atoms with Crippen LogP contribution in [0, 0.1) is 0 Å². The molecule has 1 aromatic carbocycles. The normalized spacial score (nSPS) is 13.1. The van der Waals surface area contributed by atoms with Gasteiger partial charge in [-0.15, -0.1) is 0 Å². The molecule has 27 heavy (non-hydrogen) atoms. The smallest absolute Gasteiger partial charge is 0.242 e. The minimum absolute atomic E-state index is 0.151. The van der Waals surface area contributed by atoms with E-state index < -0.39 is 19.2 Å². The number of aromatic hydroxyl groups is 1. The summed E-state index contributed by atoms with van der Waals surface area (Å²) in [5, 5.41) is 11.4. The number of alkyl halides is 1. The summed E-state index contributed by atoms with van der Waals surface area (Å²) in [5.74, 6) is 0.583. The summed E-state index contributed by atoms with van der Waals surface area (Å²) in [7, 11) is -4.76. The van der Waals surface area contributed by atoms with Gasteiger partial charge in [-0.05, 0) is 38.2 Å². The SMILES string of the molecule is C[Si](C)(C)Oc1c(C(Br)CCN[SH](=O)=O)oc(-c2cccc(Cl)c2Cl)c1O. The average molecular weight is 517 g/mol. The fourth-order valence-electron chi connectivity index (χ4n) is 2.31. The van der Waals surface area contributed by atoms with E-state index in [1.54, 1.807) is 18.2 Å². The Morgan fingerprint density at radius 2 is 2.00 bits per heavy atom. The molecule has 1 atom stereocenters.